The normalized spacial score (nSPS) is 11.1. The third-order valence-corrected chi connectivity index (χ3v) is 4.76. The van der Waals surface area contributed by atoms with Crippen molar-refractivity contribution in [1.29, 1.82) is 0 Å². The monoisotopic (exact) mass is 358 g/mol. The van der Waals surface area contributed by atoms with Crippen molar-refractivity contribution in [3.05, 3.63) is 94.4 Å². The van der Waals surface area contributed by atoms with Crippen LogP contribution < -0.4 is 5.56 Å². The van der Waals surface area contributed by atoms with Crippen molar-refractivity contribution >= 4 is 10.8 Å². The first-order chi connectivity index (χ1) is 13.1. The Morgan fingerprint density at radius 2 is 1.85 bits per heavy atom. The van der Waals surface area contributed by atoms with Crippen molar-refractivity contribution in [3.63, 3.8) is 0 Å². The molecule has 0 fully saturated rings. The highest BCUT2D eigenvalue weighted by molar-refractivity contribution is 5.96. The zero-order valence-corrected chi connectivity index (χ0v) is 15.2. The summed E-state index contributed by atoms with van der Waals surface area (Å²) in [6, 6.07) is 17.9. The van der Waals surface area contributed by atoms with Gasteiger partial charge in [0.05, 0.1) is 11.1 Å². The van der Waals surface area contributed by atoms with Crippen LogP contribution in [-0.2, 0) is 6.42 Å². The lowest BCUT2D eigenvalue weighted by atomic mass is 9.98. The molecule has 3 nitrogen and oxygen atoms in total. The van der Waals surface area contributed by atoms with Gasteiger partial charge < -0.3 is 0 Å². The fraction of sp³-hybridized carbons (Fsp3) is 0.130. The van der Waals surface area contributed by atoms with E-state index in [-0.39, 0.29) is 11.4 Å². The van der Waals surface area contributed by atoms with Gasteiger partial charge in [-0.3, -0.25) is 14.3 Å². The Balaban J connectivity index is 2.10. The number of hydrogen-bond donors (Lipinski definition) is 0. The summed E-state index contributed by atoms with van der Waals surface area (Å²) in [5, 5.41) is 1.51. The molecule has 0 radical (unpaired) electrons. The molecule has 0 bridgehead atoms. The Morgan fingerprint density at radius 1 is 1.04 bits per heavy atom. The summed E-state index contributed by atoms with van der Waals surface area (Å²) in [7, 11) is 0. The lowest BCUT2D eigenvalue weighted by Gasteiger charge is -2.15. The van der Waals surface area contributed by atoms with Crippen LogP contribution in [0.5, 0.6) is 0 Å². The summed E-state index contributed by atoms with van der Waals surface area (Å²) < 4.78 is 15.4. The van der Waals surface area contributed by atoms with E-state index in [0.717, 1.165) is 27.9 Å². The molecule has 4 aromatic rings. The van der Waals surface area contributed by atoms with Crippen LogP contribution in [0.25, 0.3) is 27.6 Å². The number of hydrogen-bond acceptors (Lipinski definition) is 2. The Morgan fingerprint density at radius 3 is 2.59 bits per heavy atom. The molecule has 0 aliphatic carbocycles. The van der Waals surface area contributed by atoms with Crippen LogP contribution in [0.3, 0.4) is 0 Å². The molecule has 0 saturated heterocycles. The minimum atomic E-state index is -0.361. The number of pyridine rings is 2. The molecule has 0 aliphatic rings. The van der Waals surface area contributed by atoms with Crippen molar-refractivity contribution in [3.8, 4) is 16.8 Å². The topological polar surface area (TPSA) is 34.9 Å². The zero-order chi connectivity index (χ0) is 19.0. The van der Waals surface area contributed by atoms with Gasteiger partial charge in [-0.1, -0.05) is 31.2 Å². The van der Waals surface area contributed by atoms with Crippen molar-refractivity contribution in [2.75, 3.05) is 0 Å². The molecule has 2 aromatic carbocycles. The van der Waals surface area contributed by atoms with E-state index >= 15 is 0 Å². The third kappa shape index (κ3) is 3.04. The number of fused-ring (bicyclic) bond motifs is 1. The minimum Gasteiger partial charge on any atom is -0.281 e. The first-order valence-electron chi connectivity index (χ1n) is 8.95. The quantitative estimate of drug-likeness (QED) is 0.513. The Hall–Kier alpha value is -3.27. The summed E-state index contributed by atoms with van der Waals surface area (Å²) in [4.78, 5) is 17.8. The molecular weight excluding hydrogens is 339 g/mol. The minimum absolute atomic E-state index is 0.139. The molecule has 0 N–H and O–H groups in total. The van der Waals surface area contributed by atoms with Crippen molar-refractivity contribution in [2.24, 2.45) is 0 Å². The van der Waals surface area contributed by atoms with Crippen LogP contribution in [0.2, 0.25) is 0 Å². The van der Waals surface area contributed by atoms with E-state index in [1.165, 1.54) is 12.1 Å². The average Bonchev–Trinajstić information content (AvgIpc) is 2.67. The van der Waals surface area contributed by atoms with Crippen molar-refractivity contribution in [2.45, 2.75) is 20.3 Å². The first-order valence-corrected chi connectivity index (χ1v) is 8.95. The summed E-state index contributed by atoms with van der Waals surface area (Å²) in [6.45, 7) is 3.92. The van der Waals surface area contributed by atoms with Crippen LogP contribution in [0, 0.1) is 12.7 Å². The summed E-state index contributed by atoms with van der Waals surface area (Å²) in [5.41, 5.74) is 3.94. The SMILES string of the molecule is CCc1cc2cccc(-c3ccnc(C)c3)c2c(=O)n1-c1cccc(F)c1. The van der Waals surface area contributed by atoms with Gasteiger partial charge in [-0.25, -0.2) is 4.39 Å². The van der Waals surface area contributed by atoms with Crippen molar-refractivity contribution in [1.82, 2.24) is 9.55 Å². The fourth-order valence-electron chi connectivity index (χ4n) is 3.53. The molecule has 4 rings (SSSR count). The Labute approximate surface area is 156 Å². The molecule has 4 heteroatoms. The third-order valence-electron chi connectivity index (χ3n) is 4.76. The van der Waals surface area contributed by atoms with Gasteiger partial charge in [0.1, 0.15) is 5.82 Å². The van der Waals surface area contributed by atoms with Gasteiger partial charge in [-0.2, -0.15) is 0 Å². The van der Waals surface area contributed by atoms with E-state index in [2.05, 4.69) is 4.98 Å². The maximum absolute atomic E-state index is 13.8. The van der Waals surface area contributed by atoms with Crippen LogP contribution in [0.4, 0.5) is 4.39 Å². The molecular formula is C23H19FN2O. The fourth-order valence-corrected chi connectivity index (χ4v) is 3.53. The smallest absolute Gasteiger partial charge is 0.263 e. The molecule has 27 heavy (non-hydrogen) atoms. The van der Waals surface area contributed by atoms with E-state index in [9.17, 15) is 9.18 Å². The summed E-state index contributed by atoms with van der Waals surface area (Å²) in [5.74, 6) is -0.361. The predicted molar refractivity (Wildman–Crippen MR) is 107 cm³/mol. The highest BCUT2D eigenvalue weighted by Crippen LogP contribution is 2.28. The molecule has 0 spiro atoms. The first kappa shape index (κ1) is 17.2. The number of halogens is 1. The lowest BCUT2D eigenvalue weighted by Crippen LogP contribution is -2.22. The number of rotatable bonds is 3. The zero-order valence-electron chi connectivity index (χ0n) is 15.2. The standard InChI is InChI=1S/C23H19FN2O/c1-3-19-13-17-6-4-9-21(16-10-11-25-15(2)12-16)22(17)23(27)26(19)20-8-5-7-18(24)14-20/h4-14H,3H2,1-2H3. The second-order valence-electron chi connectivity index (χ2n) is 6.57. The molecule has 0 saturated carbocycles. The maximum atomic E-state index is 13.8. The number of benzene rings is 2. The molecule has 2 aromatic heterocycles. The molecule has 0 atom stereocenters. The number of aromatic nitrogens is 2. The van der Waals surface area contributed by atoms with Gasteiger partial charge >= 0.3 is 0 Å². The van der Waals surface area contributed by atoms with Gasteiger partial charge in [0, 0.05) is 17.6 Å². The van der Waals surface area contributed by atoms with E-state index in [0.29, 0.717) is 17.5 Å². The van der Waals surface area contributed by atoms with Crippen LogP contribution in [0.1, 0.15) is 18.3 Å². The molecule has 0 aliphatic heterocycles. The van der Waals surface area contributed by atoms with E-state index in [1.807, 2.05) is 50.2 Å². The summed E-state index contributed by atoms with van der Waals surface area (Å²) in [6.07, 6.45) is 2.41. The molecule has 2 heterocycles. The molecule has 134 valence electrons. The van der Waals surface area contributed by atoms with Crippen LogP contribution in [-0.4, -0.2) is 9.55 Å². The van der Waals surface area contributed by atoms with Crippen LogP contribution >= 0.6 is 0 Å². The highest BCUT2D eigenvalue weighted by Gasteiger charge is 2.14. The second-order valence-corrected chi connectivity index (χ2v) is 6.57. The number of aryl methyl sites for hydroxylation is 2. The molecule has 0 unspecified atom stereocenters. The molecule has 0 amide bonds. The van der Waals surface area contributed by atoms with E-state index < -0.39 is 0 Å². The average molecular weight is 358 g/mol. The highest BCUT2D eigenvalue weighted by atomic mass is 19.1. The van der Waals surface area contributed by atoms with Crippen molar-refractivity contribution < 1.29 is 4.39 Å². The Kier molecular flexibility index (Phi) is 4.32. The van der Waals surface area contributed by atoms with E-state index in [1.54, 1.807) is 22.9 Å². The second kappa shape index (κ2) is 6.80. The van der Waals surface area contributed by atoms with E-state index in [4.69, 9.17) is 0 Å². The van der Waals surface area contributed by atoms with Crippen LogP contribution in [0.15, 0.2) is 71.7 Å². The predicted octanol–water partition coefficient (Wildman–Crippen LogP) is 5.06. The maximum Gasteiger partial charge on any atom is 0.263 e. The largest absolute Gasteiger partial charge is 0.281 e. The van der Waals surface area contributed by atoms with Gasteiger partial charge in [-0.15, -0.1) is 0 Å². The van der Waals surface area contributed by atoms with Gasteiger partial charge in [-0.05, 0) is 66.3 Å². The van der Waals surface area contributed by atoms with Gasteiger partial charge in [0.2, 0.25) is 0 Å². The number of nitrogens with zero attached hydrogens (tertiary/aromatic N) is 2. The lowest BCUT2D eigenvalue weighted by molar-refractivity contribution is 0.626. The Bertz CT molecular complexity index is 1210. The van der Waals surface area contributed by atoms with Gasteiger partial charge in [0.15, 0.2) is 0 Å². The van der Waals surface area contributed by atoms with Gasteiger partial charge in [0.25, 0.3) is 5.56 Å². The summed E-state index contributed by atoms with van der Waals surface area (Å²) >= 11 is 0.